The number of hydrogen-bond acceptors (Lipinski definition) is 5. The van der Waals surface area contributed by atoms with Gasteiger partial charge in [-0.25, -0.2) is 0 Å². The van der Waals surface area contributed by atoms with Crippen molar-refractivity contribution in [3.63, 3.8) is 0 Å². The molecular weight excluding hydrogens is 336 g/mol. The number of aromatic amines is 2. The van der Waals surface area contributed by atoms with E-state index in [-0.39, 0.29) is 11.9 Å². The maximum absolute atomic E-state index is 13.1. The zero-order chi connectivity index (χ0) is 18.3. The van der Waals surface area contributed by atoms with Crippen molar-refractivity contribution in [2.75, 3.05) is 6.54 Å². The molecule has 1 aromatic carbocycles. The van der Waals surface area contributed by atoms with Gasteiger partial charge in [0.15, 0.2) is 0 Å². The number of nitrogens with one attached hydrogen (secondary N) is 2. The number of hydrogen-bond donors (Lipinski definition) is 2. The minimum atomic E-state index is -0.740. The van der Waals surface area contributed by atoms with E-state index in [1.165, 1.54) is 0 Å². The number of aryl methyl sites for hydroxylation is 1. The molecule has 1 atom stereocenters. The van der Waals surface area contributed by atoms with Gasteiger partial charge in [-0.05, 0) is 44.4 Å². The highest BCUT2D eigenvalue weighted by molar-refractivity contribution is 5.97. The molecule has 1 amide bonds. The lowest BCUT2D eigenvalue weighted by molar-refractivity contribution is 0.0602. The first-order chi connectivity index (χ1) is 12.5. The molecule has 4 rings (SSSR count). The van der Waals surface area contributed by atoms with Crippen molar-refractivity contribution in [1.82, 2.24) is 20.0 Å². The second kappa shape index (κ2) is 6.29. The second-order valence-corrected chi connectivity index (χ2v) is 6.54. The molecule has 8 nitrogen and oxygen atoms in total. The van der Waals surface area contributed by atoms with Gasteiger partial charge in [0.05, 0.1) is 17.1 Å². The number of nitrogens with zero attached hydrogens (tertiary/aromatic N) is 2. The zero-order valence-corrected chi connectivity index (χ0v) is 14.2. The highest BCUT2D eigenvalue weighted by Gasteiger charge is 2.30. The maximum Gasteiger partial charge on any atom is 0.314 e. The van der Waals surface area contributed by atoms with Crippen LogP contribution in [0.1, 0.15) is 47.1 Å². The van der Waals surface area contributed by atoms with Crippen molar-refractivity contribution in [2.24, 2.45) is 0 Å². The molecular formula is C18H18N4O4. The Morgan fingerprint density at radius 1 is 1.15 bits per heavy atom. The third-order valence-corrected chi connectivity index (χ3v) is 4.72. The van der Waals surface area contributed by atoms with E-state index in [0.717, 1.165) is 25.0 Å². The number of aromatic nitrogens is 3. The van der Waals surface area contributed by atoms with Crippen LogP contribution in [-0.4, -0.2) is 32.5 Å². The quantitative estimate of drug-likeness (QED) is 0.683. The summed E-state index contributed by atoms with van der Waals surface area (Å²) in [5, 5.41) is 4.08. The largest absolute Gasteiger partial charge is 0.361 e. The fraction of sp³-hybridized carbons (Fsp3) is 0.333. The van der Waals surface area contributed by atoms with Crippen molar-refractivity contribution in [3.8, 4) is 0 Å². The Morgan fingerprint density at radius 2 is 1.92 bits per heavy atom. The van der Waals surface area contributed by atoms with Crippen LogP contribution in [0.4, 0.5) is 0 Å². The van der Waals surface area contributed by atoms with Crippen LogP contribution in [0, 0.1) is 6.92 Å². The summed E-state index contributed by atoms with van der Waals surface area (Å²) in [5.74, 6) is 0.578. The topological polar surface area (TPSA) is 112 Å². The fourth-order valence-electron chi connectivity index (χ4n) is 3.44. The molecule has 134 valence electrons. The van der Waals surface area contributed by atoms with Gasteiger partial charge >= 0.3 is 11.1 Å². The molecule has 1 aliphatic heterocycles. The number of benzene rings is 1. The van der Waals surface area contributed by atoms with Crippen LogP contribution >= 0.6 is 0 Å². The van der Waals surface area contributed by atoms with Gasteiger partial charge in [-0.15, -0.1) is 0 Å². The average Bonchev–Trinajstić information content (AvgIpc) is 3.08. The predicted octanol–water partition coefficient (Wildman–Crippen LogP) is 1.88. The summed E-state index contributed by atoms with van der Waals surface area (Å²) in [6.07, 6.45) is 2.78. The van der Waals surface area contributed by atoms with E-state index >= 15 is 0 Å². The van der Waals surface area contributed by atoms with Crippen LogP contribution in [0.3, 0.4) is 0 Å². The van der Waals surface area contributed by atoms with Crippen molar-refractivity contribution in [3.05, 3.63) is 62.0 Å². The van der Waals surface area contributed by atoms with E-state index in [0.29, 0.717) is 28.9 Å². The minimum absolute atomic E-state index is 0.126. The van der Waals surface area contributed by atoms with E-state index in [2.05, 4.69) is 15.1 Å². The summed E-state index contributed by atoms with van der Waals surface area (Å²) in [5.41, 5.74) is 0.659. The summed E-state index contributed by atoms with van der Waals surface area (Å²) >= 11 is 0. The molecule has 0 radical (unpaired) electrons. The highest BCUT2D eigenvalue weighted by Crippen LogP contribution is 2.32. The van der Waals surface area contributed by atoms with E-state index in [4.69, 9.17) is 4.52 Å². The first-order valence-corrected chi connectivity index (χ1v) is 8.53. The summed E-state index contributed by atoms with van der Waals surface area (Å²) in [6.45, 7) is 2.46. The maximum atomic E-state index is 13.1. The lowest BCUT2D eigenvalue weighted by Crippen LogP contribution is -2.38. The number of fused-ring (bicyclic) bond motifs is 1. The van der Waals surface area contributed by atoms with Gasteiger partial charge in [0.25, 0.3) is 5.91 Å². The van der Waals surface area contributed by atoms with Crippen molar-refractivity contribution >= 4 is 16.9 Å². The van der Waals surface area contributed by atoms with Crippen LogP contribution < -0.4 is 11.1 Å². The Labute approximate surface area is 147 Å². The molecule has 3 heterocycles. The average molecular weight is 354 g/mol. The molecule has 0 saturated carbocycles. The Bertz CT molecular complexity index is 1090. The van der Waals surface area contributed by atoms with Crippen LogP contribution in [0.15, 0.2) is 38.4 Å². The normalized spacial score (nSPS) is 17.6. The number of amides is 1. The first-order valence-electron chi connectivity index (χ1n) is 8.53. The number of carbonyl (C=O) groups is 1. The van der Waals surface area contributed by atoms with E-state index in [1.807, 2.05) is 13.0 Å². The smallest absolute Gasteiger partial charge is 0.314 e. The van der Waals surface area contributed by atoms with Crippen LogP contribution in [0.5, 0.6) is 0 Å². The molecule has 3 aromatic rings. The molecule has 0 bridgehead atoms. The van der Waals surface area contributed by atoms with Gasteiger partial charge in [0.2, 0.25) is 0 Å². The molecule has 0 spiro atoms. The van der Waals surface area contributed by atoms with E-state index in [9.17, 15) is 14.4 Å². The van der Waals surface area contributed by atoms with Crippen molar-refractivity contribution in [1.29, 1.82) is 0 Å². The van der Waals surface area contributed by atoms with Gasteiger partial charge in [0, 0.05) is 18.2 Å². The zero-order valence-electron chi connectivity index (χ0n) is 14.2. The molecule has 1 saturated heterocycles. The van der Waals surface area contributed by atoms with E-state index in [1.54, 1.807) is 23.1 Å². The lowest BCUT2D eigenvalue weighted by atomic mass is 9.98. The molecule has 1 fully saturated rings. The standard InChI is InChI=1S/C18H18N4O4/c1-10-8-14(21-26-10)15-4-2-3-7-22(15)18(25)11-5-6-12-13(9-11)20-17(24)16(23)19-12/h5-6,8-9,15H,2-4,7H2,1H3,(H,19,23)(H,20,24)/t15-/m0/s1. The molecule has 0 aliphatic carbocycles. The van der Waals surface area contributed by atoms with Gasteiger partial charge in [-0.1, -0.05) is 5.16 Å². The number of carbonyl (C=O) groups excluding carboxylic acids is 1. The molecule has 26 heavy (non-hydrogen) atoms. The molecule has 0 unspecified atom stereocenters. The Morgan fingerprint density at radius 3 is 2.65 bits per heavy atom. The monoisotopic (exact) mass is 354 g/mol. The van der Waals surface area contributed by atoms with E-state index < -0.39 is 11.1 Å². The summed E-state index contributed by atoms with van der Waals surface area (Å²) in [4.78, 5) is 42.8. The molecule has 1 aliphatic rings. The number of rotatable bonds is 2. The fourth-order valence-corrected chi connectivity index (χ4v) is 3.44. The van der Waals surface area contributed by atoms with Crippen LogP contribution in [0.25, 0.3) is 11.0 Å². The lowest BCUT2D eigenvalue weighted by Gasteiger charge is -2.34. The number of likely N-dealkylation sites (tertiary alicyclic amines) is 1. The van der Waals surface area contributed by atoms with Gasteiger partial charge < -0.3 is 19.4 Å². The second-order valence-electron chi connectivity index (χ2n) is 6.54. The summed E-state index contributed by atoms with van der Waals surface area (Å²) in [6, 6.07) is 6.60. The van der Waals surface area contributed by atoms with Crippen LogP contribution in [0.2, 0.25) is 0 Å². The predicted molar refractivity (Wildman–Crippen MR) is 94.1 cm³/mol. The Hall–Kier alpha value is -3.16. The molecule has 8 heteroatoms. The van der Waals surface area contributed by atoms with Gasteiger partial charge in [-0.2, -0.15) is 0 Å². The molecule has 2 aromatic heterocycles. The highest BCUT2D eigenvalue weighted by atomic mass is 16.5. The third kappa shape index (κ3) is 2.83. The van der Waals surface area contributed by atoms with Gasteiger partial charge in [0.1, 0.15) is 11.5 Å². The van der Waals surface area contributed by atoms with Crippen molar-refractivity contribution in [2.45, 2.75) is 32.2 Å². The third-order valence-electron chi connectivity index (χ3n) is 4.72. The Kier molecular flexibility index (Phi) is 3.95. The number of piperidine rings is 1. The van der Waals surface area contributed by atoms with Gasteiger partial charge in [-0.3, -0.25) is 14.4 Å². The minimum Gasteiger partial charge on any atom is -0.361 e. The molecule has 2 N–H and O–H groups in total. The Balaban J connectivity index is 1.71. The van der Waals surface area contributed by atoms with Crippen LogP contribution in [-0.2, 0) is 0 Å². The number of H-pyrrole nitrogens is 2. The SMILES string of the molecule is Cc1cc([C@@H]2CCCCN2C(=O)c2ccc3[nH]c(=O)c(=O)[nH]c3c2)no1. The van der Waals surface area contributed by atoms with Crippen molar-refractivity contribution < 1.29 is 9.32 Å². The first kappa shape index (κ1) is 16.3. The summed E-state index contributed by atoms with van der Waals surface area (Å²) in [7, 11) is 0. The summed E-state index contributed by atoms with van der Waals surface area (Å²) < 4.78 is 5.17.